The number of hydrogen-bond donors (Lipinski definition) is 2. The summed E-state index contributed by atoms with van der Waals surface area (Å²) in [6.45, 7) is 3.80. The van der Waals surface area contributed by atoms with Gasteiger partial charge in [-0.1, -0.05) is 31.9 Å². The van der Waals surface area contributed by atoms with Crippen LogP contribution in [0.4, 0.5) is 0 Å². The normalized spacial score (nSPS) is 14.1. The average molecular weight is 468 g/mol. The van der Waals surface area contributed by atoms with Gasteiger partial charge in [-0.3, -0.25) is 0 Å². The van der Waals surface area contributed by atoms with Crippen LogP contribution in [0.3, 0.4) is 0 Å². The molecule has 2 unspecified atom stereocenters. The third-order valence-electron chi connectivity index (χ3n) is 2.50. The van der Waals surface area contributed by atoms with Gasteiger partial charge in [-0.25, -0.2) is 0 Å². The molecule has 7 nitrogen and oxygen atoms in total. The first-order valence-corrected chi connectivity index (χ1v) is 9.50. The minimum absolute atomic E-state index is 0.0273. The molecule has 0 bridgehead atoms. The number of hydrogen-bond acceptors (Lipinski definition) is 7. The van der Waals surface area contributed by atoms with Gasteiger partial charge in [0.2, 0.25) is 0 Å². The minimum atomic E-state index is -0.0695. The van der Waals surface area contributed by atoms with Crippen LogP contribution in [0.15, 0.2) is 0 Å². The lowest BCUT2D eigenvalue weighted by atomic mass is 10.4. The van der Waals surface area contributed by atoms with Crippen molar-refractivity contribution in [1.29, 1.82) is 0 Å². The third kappa shape index (κ3) is 18.9. The zero-order valence-corrected chi connectivity index (χ0v) is 16.5. The van der Waals surface area contributed by atoms with Crippen LogP contribution in [0, 0.1) is 0 Å². The van der Waals surface area contributed by atoms with E-state index in [0.717, 1.165) is 12.8 Å². The maximum absolute atomic E-state index is 8.54. The quantitative estimate of drug-likeness (QED) is 0.232. The Balaban J connectivity index is 3.26. The second kappa shape index (κ2) is 19.0. The summed E-state index contributed by atoms with van der Waals surface area (Å²) >= 11 is 6.82. The van der Waals surface area contributed by atoms with E-state index in [9.17, 15) is 0 Å². The number of halogens is 2. The monoisotopic (exact) mass is 466 g/mol. The molecule has 0 aromatic heterocycles. The van der Waals surface area contributed by atoms with E-state index in [2.05, 4.69) is 31.9 Å². The van der Waals surface area contributed by atoms with Crippen LogP contribution in [0.2, 0.25) is 0 Å². The zero-order chi connectivity index (χ0) is 17.2. The molecule has 0 aliphatic carbocycles. The van der Waals surface area contributed by atoms with Crippen LogP contribution in [0.25, 0.3) is 0 Å². The van der Waals surface area contributed by atoms with Crippen LogP contribution in [0.5, 0.6) is 0 Å². The van der Waals surface area contributed by atoms with Crippen molar-refractivity contribution in [1.82, 2.24) is 0 Å². The van der Waals surface area contributed by atoms with Gasteiger partial charge in [0.05, 0.1) is 52.9 Å². The Hall–Kier alpha value is 0.680. The van der Waals surface area contributed by atoms with E-state index in [4.69, 9.17) is 33.9 Å². The van der Waals surface area contributed by atoms with Gasteiger partial charge in [-0.05, 0) is 0 Å². The zero-order valence-electron chi connectivity index (χ0n) is 13.3. The Kier molecular flexibility index (Phi) is 19.6. The predicted octanol–water partition coefficient (Wildman–Crippen LogP) is 1.28. The van der Waals surface area contributed by atoms with Crippen LogP contribution in [0.1, 0.15) is 12.8 Å². The van der Waals surface area contributed by atoms with Crippen molar-refractivity contribution in [3.63, 3.8) is 0 Å². The second-order valence-electron chi connectivity index (χ2n) is 4.42. The molecule has 0 radical (unpaired) electrons. The lowest BCUT2D eigenvalue weighted by Gasteiger charge is -2.13. The van der Waals surface area contributed by atoms with Crippen LogP contribution >= 0.6 is 31.9 Å². The summed E-state index contributed by atoms with van der Waals surface area (Å²) in [5, 5.41) is 16.9. The van der Waals surface area contributed by atoms with Crippen molar-refractivity contribution in [2.24, 2.45) is 0 Å². The molecule has 0 heterocycles. The molecule has 0 aliphatic heterocycles. The number of rotatable bonds is 18. The molecule has 0 fully saturated rings. The molecule has 0 aromatic rings. The van der Waals surface area contributed by atoms with Gasteiger partial charge in [-0.2, -0.15) is 0 Å². The predicted molar refractivity (Wildman–Crippen MR) is 93.2 cm³/mol. The molecule has 0 saturated carbocycles. The average Bonchev–Trinajstić information content (AvgIpc) is 2.54. The van der Waals surface area contributed by atoms with E-state index < -0.39 is 0 Å². The summed E-state index contributed by atoms with van der Waals surface area (Å²) in [6, 6.07) is 0. The Labute approximate surface area is 154 Å². The first kappa shape index (κ1) is 23.7. The SMILES string of the molecule is OCCOCCOC(Br)CCOCCC(Br)OCCOCCO. The van der Waals surface area contributed by atoms with Crippen LogP contribution in [-0.4, -0.2) is 86.3 Å². The van der Waals surface area contributed by atoms with Crippen LogP contribution in [-0.2, 0) is 23.7 Å². The molecule has 9 heteroatoms. The first-order chi connectivity index (χ1) is 11.2. The Morgan fingerprint density at radius 2 is 0.957 bits per heavy atom. The van der Waals surface area contributed by atoms with Crippen molar-refractivity contribution in [2.45, 2.75) is 22.9 Å². The van der Waals surface area contributed by atoms with Crippen molar-refractivity contribution >= 4 is 31.9 Å². The molecular formula is C14H28Br2O7. The molecule has 0 aliphatic rings. The van der Waals surface area contributed by atoms with Crippen molar-refractivity contribution < 1.29 is 33.9 Å². The molecule has 2 N–H and O–H groups in total. The van der Waals surface area contributed by atoms with Gasteiger partial charge in [-0.15, -0.1) is 0 Å². The Morgan fingerprint density at radius 3 is 1.35 bits per heavy atom. The van der Waals surface area contributed by atoms with Gasteiger partial charge in [0.15, 0.2) is 0 Å². The molecule has 2 atom stereocenters. The summed E-state index contributed by atoms with van der Waals surface area (Å²) in [4.78, 5) is 0. The molecule has 0 aromatic carbocycles. The molecule has 140 valence electrons. The molecular weight excluding hydrogens is 440 g/mol. The van der Waals surface area contributed by atoms with Gasteiger partial charge >= 0.3 is 0 Å². The van der Waals surface area contributed by atoms with Gasteiger partial charge in [0.25, 0.3) is 0 Å². The molecule has 0 saturated heterocycles. The molecule has 0 amide bonds. The smallest absolute Gasteiger partial charge is 0.114 e. The van der Waals surface area contributed by atoms with E-state index >= 15 is 0 Å². The van der Waals surface area contributed by atoms with Crippen molar-refractivity contribution in [3.05, 3.63) is 0 Å². The largest absolute Gasteiger partial charge is 0.394 e. The molecule has 0 spiro atoms. The van der Waals surface area contributed by atoms with Gasteiger partial charge < -0.3 is 33.9 Å². The number of aliphatic hydroxyl groups excluding tert-OH is 2. The van der Waals surface area contributed by atoms with E-state index in [1.165, 1.54) is 0 Å². The second-order valence-corrected chi connectivity index (χ2v) is 6.47. The highest BCUT2D eigenvalue weighted by molar-refractivity contribution is 9.09. The lowest BCUT2D eigenvalue weighted by Crippen LogP contribution is -2.16. The van der Waals surface area contributed by atoms with E-state index in [1.54, 1.807) is 0 Å². The Morgan fingerprint density at radius 1 is 0.565 bits per heavy atom. The van der Waals surface area contributed by atoms with Crippen LogP contribution < -0.4 is 0 Å². The Bertz CT molecular complexity index is 215. The van der Waals surface area contributed by atoms with Gasteiger partial charge in [0.1, 0.15) is 10.0 Å². The number of aliphatic hydroxyl groups is 2. The van der Waals surface area contributed by atoms with E-state index in [-0.39, 0.29) is 23.2 Å². The summed E-state index contributed by atoms with van der Waals surface area (Å²) in [6.07, 6.45) is 1.48. The highest BCUT2D eigenvalue weighted by Gasteiger charge is 2.06. The maximum Gasteiger partial charge on any atom is 0.114 e. The summed E-state index contributed by atoms with van der Waals surface area (Å²) in [7, 11) is 0. The minimum Gasteiger partial charge on any atom is -0.394 e. The van der Waals surface area contributed by atoms with Gasteiger partial charge in [0, 0.05) is 26.1 Å². The molecule has 23 heavy (non-hydrogen) atoms. The standard InChI is InChI=1S/C14H28Br2O7/c15-13(22-11-9-20-7-3-17)1-5-19-6-2-14(16)23-12-10-21-8-4-18/h13-14,17-18H,1-12H2. The third-order valence-corrected chi connectivity index (χ3v) is 3.95. The fourth-order valence-corrected chi connectivity index (χ4v) is 2.17. The number of alkyl halides is 2. The first-order valence-electron chi connectivity index (χ1n) is 7.67. The van der Waals surface area contributed by atoms with Crippen molar-refractivity contribution in [2.75, 3.05) is 66.1 Å². The highest BCUT2D eigenvalue weighted by atomic mass is 79.9. The summed E-state index contributed by atoms with van der Waals surface area (Å²) in [5.74, 6) is 0. The summed E-state index contributed by atoms with van der Waals surface area (Å²) in [5.41, 5.74) is 0. The fraction of sp³-hybridized carbons (Fsp3) is 1.00. The molecule has 0 rings (SSSR count). The number of ether oxygens (including phenoxy) is 5. The topological polar surface area (TPSA) is 86.6 Å². The lowest BCUT2D eigenvalue weighted by molar-refractivity contribution is 0.00701. The summed E-state index contributed by atoms with van der Waals surface area (Å²) < 4.78 is 26.6. The fourth-order valence-electron chi connectivity index (χ4n) is 1.42. The van der Waals surface area contributed by atoms with E-state index in [1.807, 2.05) is 0 Å². The maximum atomic E-state index is 8.54. The van der Waals surface area contributed by atoms with Crippen molar-refractivity contribution in [3.8, 4) is 0 Å². The highest BCUT2D eigenvalue weighted by Crippen LogP contribution is 2.09. The van der Waals surface area contributed by atoms with E-state index in [0.29, 0.717) is 52.9 Å².